The first-order valence-electron chi connectivity index (χ1n) is 7.79. The molecule has 104 valence electrons. The van der Waals surface area contributed by atoms with Crippen molar-refractivity contribution in [2.24, 2.45) is 5.41 Å². The molecule has 2 saturated heterocycles. The molecule has 2 fully saturated rings. The van der Waals surface area contributed by atoms with Crippen LogP contribution in [0.3, 0.4) is 0 Å². The molecule has 2 aliphatic heterocycles. The lowest BCUT2D eigenvalue weighted by Gasteiger charge is -2.46. The molecule has 2 aliphatic rings. The van der Waals surface area contributed by atoms with Crippen LogP contribution in [0.2, 0.25) is 0 Å². The monoisotopic (exact) mass is 258 g/mol. The maximum Gasteiger partial charge on any atom is 0.0319 e. The van der Waals surface area contributed by atoms with Crippen molar-refractivity contribution in [3.63, 3.8) is 0 Å². The standard InChI is InChI=1S/C17H26N2/c1-15(16-5-3-2-4-6-16)19-13-9-17(10-14-19)7-11-18-12-8-17/h2-6,15,18H,7-14H2,1H3. The Kier molecular flexibility index (Phi) is 3.90. The third-order valence-electron chi connectivity index (χ3n) is 5.35. The Morgan fingerprint density at radius 3 is 2.26 bits per heavy atom. The predicted molar refractivity (Wildman–Crippen MR) is 80.2 cm³/mol. The van der Waals surface area contributed by atoms with E-state index in [9.17, 15) is 0 Å². The normalized spacial score (nSPS) is 25.3. The van der Waals surface area contributed by atoms with Crippen molar-refractivity contribution in [1.29, 1.82) is 0 Å². The molecule has 0 aliphatic carbocycles. The Balaban J connectivity index is 1.60. The van der Waals surface area contributed by atoms with Gasteiger partial charge in [-0.1, -0.05) is 30.3 Å². The average Bonchev–Trinajstić information content (AvgIpc) is 2.49. The third-order valence-corrected chi connectivity index (χ3v) is 5.35. The maximum absolute atomic E-state index is 3.50. The minimum atomic E-state index is 0.570. The smallest absolute Gasteiger partial charge is 0.0319 e. The number of nitrogens with one attached hydrogen (secondary N) is 1. The fourth-order valence-corrected chi connectivity index (χ4v) is 3.79. The molecule has 3 rings (SSSR count). The van der Waals surface area contributed by atoms with Crippen LogP contribution in [0, 0.1) is 5.41 Å². The molecule has 2 nitrogen and oxygen atoms in total. The first kappa shape index (κ1) is 13.1. The molecule has 1 aromatic carbocycles. The fraction of sp³-hybridized carbons (Fsp3) is 0.647. The van der Waals surface area contributed by atoms with Gasteiger partial charge in [-0.3, -0.25) is 4.90 Å². The van der Waals surface area contributed by atoms with Crippen LogP contribution in [0.5, 0.6) is 0 Å². The Morgan fingerprint density at radius 1 is 1.00 bits per heavy atom. The van der Waals surface area contributed by atoms with E-state index >= 15 is 0 Å². The van der Waals surface area contributed by atoms with Crippen molar-refractivity contribution in [1.82, 2.24) is 10.2 Å². The topological polar surface area (TPSA) is 15.3 Å². The maximum atomic E-state index is 3.50. The number of hydrogen-bond acceptors (Lipinski definition) is 2. The van der Waals surface area contributed by atoms with E-state index in [2.05, 4.69) is 47.5 Å². The van der Waals surface area contributed by atoms with Gasteiger partial charge < -0.3 is 5.32 Å². The van der Waals surface area contributed by atoms with Crippen LogP contribution in [0.4, 0.5) is 0 Å². The Labute approximate surface area is 117 Å². The highest BCUT2D eigenvalue weighted by Gasteiger charge is 2.36. The van der Waals surface area contributed by atoms with Crippen molar-refractivity contribution in [2.45, 2.75) is 38.6 Å². The molecule has 0 amide bonds. The zero-order valence-corrected chi connectivity index (χ0v) is 12.1. The number of rotatable bonds is 2. The summed E-state index contributed by atoms with van der Waals surface area (Å²) in [7, 11) is 0. The van der Waals surface area contributed by atoms with Crippen molar-refractivity contribution in [3.8, 4) is 0 Å². The summed E-state index contributed by atoms with van der Waals surface area (Å²) in [6.45, 7) is 7.37. The number of nitrogens with zero attached hydrogens (tertiary/aromatic N) is 1. The summed E-state index contributed by atoms with van der Waals surface area (Å²) in [4.78, 5) is 2.67. The van der Waals surface area contributed by atoms with Gasteiger partial charge in [0.15, 0.2) is 0 Å². The van der Waals surface area contributed by atoms with E-state index in [1.54, 1.807) is 0 Å². The molecular weight excluding hydrogens is 232 g/mol. The second-order valence-corrected chi connectivity index (χ2v) is 6.37. The minimum Gasteiger partial charge on any atom is -0.317 e. The van der Waals surface area contributed by atoms with E-state index in [0.29, 0.717) is 11.5 Å². The van der Waals surface area contributed by atoms with Gasteiger partial charge in [0.1, 0.15) is 0 Å². The number of likely N-dealkylation sites (tertiary alicyclic amines) is 1. The quantitative estimate of drug-likeness (QED) is 0.876. The molecule has 1 N–H and O–H groups in total. The molecule has 19 heavy (non-hydrogen) atoms. The van der Waals surface area contributed by atoms with Crippen LogP contribution in [0.15, 0.2) is 30.3 Å². The molecule has 2 heteroatoms. The second-order valence-electron chi connectivity index (χ2n) is 6.37. The van der Waals surface area contributed by atoms with E-state index in [1.807, 2.05) is 0 Å². The molecule has 2 heterocycles. The summed E-state index contributed by atoms with van der Waals surface area (Å²) in [6.07, 6.45) is 5.57. The molecule has 1 atom stereocenters. The largest absolute Gasteiger partial charge is 0.317 e. The van der Waals surface area contributed by atoms with E-state index in [4.69, 9.17) is 0 Å². The van der Waals surface area contributed by atoms with Crippen LogP contribution in [0.1, 0.15) is 44.2 Å². The molecule has 0 bridgehead atoms. The van der Waals surface area contributed by atoms with Gasteiger partial charge in [0.05, 0.1) is 0 Å². The average molecular weight is 258 g/mol. The first-order chi connectivity index (χ1) is 9.29. The lowest BCUT2D eigenvalue weighted by atomic mass is 9.71. The van der Waals surface area contributed by atoms with E-state index in [0.717, 1.165) is 0 Å². The highest BCUT2D eigenvalue weighted by atomic mass is 15.2. The van der Waals surface area contributed by atoms with Crippen LogP contribution in [-0.2, 0) is 0 Å². The van der Waals surface area contributed by atoms with Gasteiger partial charge >= 0.3 is 0 Å². The van der Waals surface area contributed by atoms with E-state index < -0.39 is 0 Å². The van der Waals surface area contributed by atoms with Gasteiger partial charge in [0.2, 0.25) is 0 Å². The van der Waals surface area contributed by atoms with Gasteiger partial charge in [-0.2, -0.15) is 0 Å². The highest BCUT2D eigenvalue weighted by molar-refractivity contribution is 5.18. The second kappa shape index (κ2) is 5.64. The molecular formula is C17H26N2. The number of benzene rings is 1. The summed E-state index contributed by atoms with van der Waals surface area (Å²) >= 11 is 0. The van der Waals surface area contributed by atoms with Gasteiger partial charge in [0.25, 0.3) is 0 Å². The summed E-state index contributed by atoms with van der Waals surface area (Å²) in [5, 5.41) is 3.50. The lowest BCUT2D eigenvalue weighted by molar-refractivity contribution is 0.0538. The van der Waals surface area contributed by atoms with Crippen molar-refractivity contribution >= 4 is 0 Å². The van der Waals surface area contributed by atoms with Crippen molar-refractivity contribution < 1.29 is 0 Å². The zero-order chi connectivity index (χ0) is 13.1. The molecule has 0 radical (unpaired) electrons. The third kappa shape index (κ3) is 2.85. The predicted octanol–water partition coefficient (Wildman–Crippen LogP) is 3.21. The number of hydrogen-bond donors (Lipinski definition) is 1. The molecule has 1 aromatic rings. The SMILES string of the molecule is CC(c1ccccc1)N1CCC2(CCNCC2)CC1. The summed E-state index contributed by atoms with van der Waals surface area (Å²) in [5.74, 6) is 0. The zero-order valence-electron chi connectivity index (χ0n) is 12.1. The van der Waals surface area contributed by atoms with Crippen LogP contribution in [-0.4, -0.2) is 31.1 Å². The van der Waals surface area contributed by atoms with Crippen molar-refractivity contribution in [3.05, 3.63) is 35.9 Å². The lowest BCUT2D eigenvalue weighted by Crippen LogP contribution is -2.46. The summed E-state index contributed by atoms with van der Waals surface area (Å²) < 4.78 is 0. The van der Waals surface area contributed by atoms with E-state index in [-0.39, 0.29) is 0 Å². The van der Waals surface area contributed by atoms with Gasteiger partial charge in [-0.25, -0.2) is 0 Å². The Bertz CT molecular complexity index is 385. The molecule has 1 spiro atoms. The van der Waals surface area contributed by atoms with Crippen molar-refractivity contribution in [2.75, 3.05) is 26.2 Å². The Hall–Kier alpha value is -0.860. The van der Waals surface area contributed by atoms with Gasteiger partial charge in [-0.15, -0.1) is 0 Å². The fourth-order valence-electron chi connectivity index (χ4n) is 3.79. The van der Waals surface area contributed by atoms with Crippen LogP contribution < -0.4 is 5.32 Å². The first-order valence-corrected chi connectivity index (χ1v) is 7.79. The van der Waals surface area contributed by atoms with E-state index in [1.165, 1.54) is 57.4 Å². The highest BCUT2D eigenvalue weighted by Crippen LogP contribution is 2.41. The summed E-state index contributed by atoms with van der Waals surface area (Å²) in [6, 6.07) is 11.5. The molecule has 0 aromatic heterocycles. The van der Waals surface area contributed by atoms with Gasteiger partial charge in [0, 0.05) is 6.04 Å². The Morgan fingerprint density at radius 2 is 1.63 bits per heavy atom. The van der Waals surface area contributed by atoms with Crippen LogP contribution in [0.25, 0.3) is 0 Å². The molecule has 1 unspecified atom stereocenters. The molecule has 0 saturated carbocycles. The van der Waals surface area contributed by atoms with Gasteiger partial charge in [-0.05, 0) is 69.8 Å². The summed E-state index contributed by atoms with van der Waals surface area (Å²) in [5.41, 5.74) is 2.13. The van der Waals surface area contributed by atoms with Crippen LogP contribution >= 0.6 is 0 Å². The number of piperidine rings is 2. The minimum absolute atomic E-state index is 0.570.